The van der Waals surface area contributed by atoms with Gasteiger partial charge in [-0.05, 0) is 41.6 Å². The van der Waals surface area contributed by atoms with Gasteiger partial charge in [-0.3, -0.25) is 0 Å². The molecule has 136 valence electrons. The fraction of sp³-hybridized carbons (Fsp3) is 0.389. The maximum atomic E-state index is 12.1. The monoisotopic (exact) mass is 381 g/mol. The molecule has 0 N–H and O–H groups in total. The van der Waals surface area contributed by atoms with Crippen molar-refractivity contribution in [3.63, 3.8) is 0 Å². The number of benzene rings is 1. The third-order valence-corrected chi connectivity index (χ3v) is 6.14. The van der Waals surface area contributed by atoms with Crippen molar-refractivity contribution in [2.24, 2.45) is 4.40 Å². The number of rotatable bonds is 10. The van der Waals surface area contributed by atoms with E-state index in [1.54, 1.807) is 36.8 Å². The molecule has 1 aromatic heterocycles. The molecule has 0 spiro atoms. The van der Waals surface area contributed by atoms with Gasteiger partial charge < -0.3 is 9.47 Å². The van der Waals surface area contributed by atoms with Gasteiger partial charge in [-0.25, -0.2) is 0 Å². The second-order valence-corrected chi connectivity index (χ2v) is 8.27. The molecule has 2 rings (SSSR count). The van der Waals surface area contributed by atoms with Crippen molar-refractivity contribution in [1.82, 2.24) is 0 Å². The quantitative estimate of drug-likeness (QED) is 0.448. The summed E-state index contributed by atoms with van der Waals surface area (Å²) in [7, 11) is -2.09. The van der Waals surface area contributed by atoms with E-state index in [9.17, 15) is 8.42 Å². The summed E-state index contributed by atoms with van der Waals surface area (Å²) in [6.45, 7) is 2.80. The molecule has 0 aliphatic rings. The first-order valence-corrected chi connectivity index (χ1v) is 10.5. The lowest BCUT2D eigenvalue weighted by molar-refractivity contribution is 0.285. The Morgan fingerprint density at radius 1 is 1.16 bits per heavy atom. The second kappa shape index (κ2) is 9.58. The van der Waals surface area contributed by atoms with Crippen molar-refractivity contribution in [3.05, 3.63) is 41.3 Å². The average Bonchev–Trinajstić information content (AvgIpc) is 3.16. The topological polar surface area (TPSA) is 65.0 Å². The van der Waals surface area contributed by atoms with Crippen LogP contribution in [-0.2, 0) is 10.0 Å². The summed E-state index contributed by atoms with van der Waals surface area (Å²) in [6.07, 6.45) is 5.85. The minimum Gasteiger partial charge on any atom is -0.493 e. The Morgan fingerprint density at radius 3 is 2.68 bits per heavy atom. The molecule has 7 heteroatoms. The smallest absolute Gasteiger partial charge is 0.291 e. The molecule has 0 saturated carbocycles. The Kier molecular flexibility index (Phi) is 7.46. The lowest BCUT2D eigenvalue weighted by Crippen LogP contribution is -2.00. The minimum absolute atomic E-state index is 0.225. The Morgan fingerprint density at radius 2 is 2.00 bits per heavy atom. The van der Waals surface area contributed by atoms with Gasteiger partial charge in [-0.2, -0.15) is 12.8 Å². The first-order chi connectivity index (χ1) is 12.1. The van der Waals surface area contributed by atoms with Gasteiger partial charge in [0.15, 0.2) is 11.5 Å². The van der Waals surface area contributed by atoms with Crippen LogP contribution in [0, 0.1) is 0 Å². The van der Waals surface area contributed by atoms with Gasteiger partial charge in [-0.1, -0.05) is 32.3 Å². The zero-order valence-electron chi connectivity index (χ0n) is 14.5. The van der Waals surface area contributed by atoms with Crippen molar-refractivity contribution >= 4 is 27.6 Å². The molecule has 0 aliphatic carbocycles. The lowest BCUT2D eigenvalue weighted by atomic mass is 10.2. The van der Waals surface area contributed by atoms with E-state index in [0.29, 0.717) is 23.7 Å². The fourth-order valence-electron chi connectivity index (χ4n) is 2.19. The van der Waals surface area contributed by atoms with E-state index in [1.165, 1.54) is 25.1 Å². The number of ether oxygens (including phenoxy) is 2. The van der Waals surface area contributed by atoms with Crippen LogP contribution in [0.5, 0.6) is 11.5 Å². The largest absolute Gasteiger partial charge is 0.493 e. The molecule has 0 radical (unpaired) electrons. The van der Waals surface area contributed by atoms with Gasteiger partial charge in [-0.15, -0.1) is 11.3 Å². The average molecular weight is 382 g/mol. The maximum absolute atomic E-state index is 12.1. The number of nitrogens with zero attached hydrogens (tertiary/aromatic N) is 1. The van der Waals surface area contributed by atoms with Crippen LogP contribution in [0.15, 0.2) is 44.3 Å². The van der Waals surface area contributed by atoms with Crippen LogP contribution in [0.4, 0.5) is 0 Å². The number of thiophene rings is 1. The third-order valence-electron chi connectivity index (χ3n) is 3.53. The Bertz CT molecular complexity index is 783. The molecule has 0 saturated heterocycles. The summed E-state index contributed by atoms with van der Waals surface area (Å²) < 4.78 is 39.2. The molecule has 1 heterocycles. The molecule has 0 atom stereocenters. The Labute approximate surface area is 153 Å². The van der Waals surface area contributed by atoms with E-state index >= 15 is 0 Å². The number of hydrogen-bond acceptors (Lipinski definition) is 5. The van der Waals surface area contributed by atoms with Gasteiger partial charge in [0.25, 0.3) is 10.0 Å². The summed E-state index contributed by atoms with van der Waals surface area (Å²) in [4.78, 5) is 0. The number of unbranched alkanes of at least 4 members (excludes halogenated alkanes) is 3. The van der Waals surface area contributed by atoms with Gasteiger partial charge >= 0.3 is 0 Å². The third kappa shape index (κ3) is 5.86. The standard InChI is InChI=1S/C18H23NO4S2/c1-3-4-5-6-11-23-16-10-9-15(13-17(16)22-2)14-19-25(20,21)18-8-7-12-24-18/h7-10,12-14H,3-6,11H2,1-2H3/b19-14-. The van der Waals surface area contributed by atoms with Crippen LogP contribution >= 0.6 is 11.3 Å². The highest BCUT2D eigenvalue weighted by atomic mass is 32.2. The normalized spacial score (nSPS) is 11.8. The van der Waals surface area contributed by atoms with E-state index in [1.807, 2.05) is 0 Å². The van der Waals surface area contributed by atoms with Crippen LogP contribution in [0.1, 0.15) is 38.2 Å². The number of sulfonamides is 1. The van der Waals surface area contributed by atoms with Gasteiger partial charge in [0.2, 0.25) is 0 Å². The van der Waals surface area contributed by atoms with Crippen LogP contribution in [0.25, 0.3) is 0 Å². The Hall–Kier alpha value is -1.86. The molecule has 0 amide bonds. The molecular weight excluding hydrogens is 358 g/mol. The zero-order valence-corrected chi connectivity index (χ0v) is 16.1. The molecule has 5 nitrogen and oxygen atoms in total. The highest BCUT2D eigenvalue weighted by Crippen LogP contribution is 2.28. The maximum Gasteiger partial charge on any atom is 0.291 e. The molecule has 0 unspecified atom stereocenters. The summed E-state index contributed by atoms with van der Waals surface area (Å²) in [6, 6.07) is 8.47. The van der Waals surface area contributed by atoms with E-state index in [-0.39, 0.29) is 4.21 Å². The van der Waals surface area contributed by atoms with Crippen LogP contribution < -0.4 is 9.47 Å². The van der Waals surface area contributed by atoms with Crippen molar-refractivity contribution < 1.29 is 17.9 Å². The predicted molar refractivity (Wildman–Crippen MR) is 102 cm³/mol. The first kappa shape index (κ1) is 19.5. The molecule has 0 bridgehead atoms. The van der Waals surface area contributed by atoms with E-state index in [2.05, 4.69) is 11.3 Å². The Balaban J connectivity index is 2.04. The summed E-state index contributed by atoms with van der Waals surface area (Å²) >= 11 is 1.14. The van der Waals surface area contributed by atoms with Crippen LogP contribution in [0.3, 0.4) is 0 Å². The zero-order chi connectivity index (χ0) is 18.1. The van der Waals surface area contributed by atoms with E-state index < -0.39 is 10.0 Å². The number of hydrogen-bond donors (Lipinski definition) is 0. The molecular formula is C18H23NO4S2. The fourth-order valence-corrected chi connectivity index (χ4v) is 4.03. The summed E-state index contributed by atoms with van der Waals surface area (Å²) in [5, 5.41) is 1.71. The summed E-state index contributed by atoms with van der Waals surface area (Å²) in [5.41, 5.74) is 0.635. The van der Waals surface area contributed by atoms with Crippen molar-refractivity contribution in [2.45, 2.75) is 36.8 Å². The van der Waals surface area contributed by atoms with Gasteiger partial charge in [0.1, 0.15) is 4.21 Å². The van der Waals surface area contributed by atoms with Gasteiger partial charge in [0, 0.05) is 6.21 Å². The highest BCUT2D eigenvalue weighted by molar-refractivity contribution is 7.92. The van der Waals surface area contributed by atoms with Crippen molar-refractivity contribution in [2.75, 3.05) is 13.7 Å². The van der Waals surface area contributed by atoms with E-state index in [0.717, 1.165) is 24.2 Å². The molecule has 25 heavy (non-hydrogen) atoms. The van der Waals surface area contributed by atoms with Crippen LogP contribution in [-0.4, -0.2) is 28.3 Å². The van der Waals surface area contributed by atoms with Crippen molar-refractivity contribution in [3.8, 4) is 11.5 Å². The van der Waals surface area contributed by atoms with E-state index in [4.69, 9.17) is 9.47 Å². The van der Waals surface area contributed by atoms with Gasteiger partial charge in [0.05, 0.1) is 13.7 Å². The molecule has 2 aromatic rings. The molecule has 0 fully saturated rings. The second-order valence-electron chi connectivity index (χ2n) is 5.46. The first-order valence-electron chi connectivity index (χ1n) is 8.21. The molecule has 1 aromatic carbocycles. The summed E-state index contributed by atoms with van der Waals surface area (Å²) in [5.74, 6) is 1.21. The number of methoxy groups -OCH3 is 1. The predicted octanol–water partition coefficient (Wildman–Crippen LogP) is 4.52. The molecule has 0 aliphatic heterocycles. The minimum atomic E-state index is -3.65. The van der Waals surface area contributed by atoms with Crippen LogP contribution in [0.2, 0.25) is 0 Å². The SMILES string of the molecule is CCCCCCOc1ccc(/C=N\S(=O)(=O)c2cccs2)cc1OC. The lowest BCUT2D eigenvalue weighted by Gasteiger charge is -2.11. The highest BCUT2D eigenvalue weighted by Gasteiger charge is 2.12. The van der Waals surface area contributed by atoms with Crippen molar-refractivity contribution in [1.29, 1.82) is 0 Å².